The molecular weight excluding hydrogens is 1280 g/mol. The van der Waals surface area contributed by atoms with E-state index in [2.05, 4.69) is 41.2 Å². The van der Waals surface area contributed by atoms with Crippen molar-refractivity contribution in [2.45, 2.75) is 199 Å². The molecule has 0 radical (unpaired) electrons. The third-order valence-corrected chi connectivity index (χ3v) is 15.0. The van der Waals surface area contributed by atoms with Crippen LogP contribution in [0, 0.1) is 35.5 Å². The van der Waals surface area contributed by atoms with Gasteiger partial charge in [0, 0.05) is 28.7 Å². The average Bonchev–Trinajstić information content (AvgIpc) is 0.821. The summed E-state index contributed by atoms with van der Waals surface area (Å²) < 4.78 is 55.0. The molecule has 4 rings (SSSR count). The number of quaternary nitrogens is 1. The molecule has 8 atom stereocenters. The van der Waals surface area contributed by atoms with Crippen molar-refractivity contribution in [3.05, 3.63) is 71.8 Å². The number of amides is 1. The molecule has 22 nitrogen and oxygen atoms in total. The van der Waals surface area contributed by atoms with Crippen molar-refractivity contribution < 1.29 is 90.3 Å². The second-order valence-corrected chi connectivity index (χ2v) is 25.8. The van der Waals surface area contributed by atoms with Crippen molar-refractivity contribution in [3.8, 4) is 12.0 Å². The number of carboxylic acid groups (broad SMARTS) is 1. The predicted octanol–water partition coefficient (Wildman–Crippen LogP) is 9.39. The lowest BCUT2D eigenvalue weighted by molar-refractivity contribution is -0.161. The summed E-state index contributed by atoms with van der Waals surface area (Å²) in [5, 5.41) is 12.2. The molecule has 3 aromatic rings. The predicted molar refractivity (Wildman–Crippen MR) is 378 cm³/mol. The van der Waals surface area contributed by atoms with Crippen molar-refractivity contribution in [2.75, 3.05) is 88.4 Å². The number of morpholine rings is 1. The number of carbonyl (C=O) groups is 6. The van der Waals surface area contributed by atoms with Gasteiger partial charge >= 0.3 is 47.8 Å². The Morgan fingerprint density at radius 3 is 1.38 bits per heavy atom. The number of hydrogen-bond donors (Lipinski definition) is 2. The maximum absolute atomic E-state index is 13.6. The van der Waals surface area contributed by atoms with E-state index >= 15 is 0 Å². The lowest BCUT2D eigenvalue weighted by Crippen LogP contribution is -3.00. The summed E-state index contributed by atoms with van der Waals surface area (Å²) in [5.41, 5.74) is 0.738. The Morgan fingerprint density at radius 2 is 1.05 bits per heavy atom. The Kier molecular flexibility index (Phi) is 52.3. The minimum absolute atomic E-state index is 0. The minimum Gasteiger partial charge on any atom is -1.00 e. The van der Waals surface area contributed by atoms with Crippen molar-refractivity contribution in [1.82, 2.24) is 29.7 Å². The number of thioether (sulfide) groups is 1. The third kappa shape index (κ3) is 40.2. The van der Waals surface area contributed by atoms with E-state index < -0.39 is 47.0 Å². The molecule has 0 aliphatic carbocycles. The number of aromatic nitrogens is 3. The van der Waals surface area contributed by atoms with E-state index in [1.165, 1.54) is 26.0 Å². The minimum atomic E-state index is -0.957. The highest BCUT2D eigenvalue weighted by Crippen LogP contribution is 2.28. The van der Waals surface area contributed by atoms with E-state index in [4.69, 9.17) is 49.1 Å². The summed E-state index contributed by atoms with van der Waals surface area (Å²) in [5.74, 6) is -2.82. The van der Waals surface area contributed by atoms with E-state index in [9.17, 15) is 28.8 Å². The van der Waals surface area contributed by atoms with Gasteiger partial charge in [-0.3, -0.25) is 33.3 Å². The zero-order valence-corrected chi connectivity index (χ0v) is 62.1. The van der Waals surface area contributed by atoms with Gasteiger partial charge in [-0.1, -0.05) is 144 Å². The van der Waals surface area contributed by atoms with Gasteiger partial charge in [-0.05, 0) is 95.9 Å². The molecule has 2 N–H and O–H groups in total. The number of carboxylic acids is 1. The number of hydrogen-bond acceptors (Lipinski definition) is 20. The number of nitrogens with one attached hydrogen (secondary N) is 1. The summed E-state index contributed by atoms with van der Waals surface area (Å²) in [4.78, 5) is 87.3. The molecule has 550 valence electrons. The number of methoxy groups -OCH3 is 4. The molecule has 1 aliphatic heterocycles. The van der Waals surface area contributed by atoms with Gasteiger partial charge in [-0.15, -0.1) is 27.4 Å². The number of likely N-dealkylation sites (N-methyl/N-ethyl adjacent to an activating group) is 3. The van der Waals surface area contributed by atoms with Crippen molar-refractivity contribution in [3.63, 3.8) is 0 Å². The fourth-order valence-corrected chi connectivity index (χ4v) is 9.40. The summed E-state index contributed by atoms with van der Waals surface area (Å²) in [6.07, 6.45) is 3.76. The van der Waals surface area contributed by atoms with Crippen molar-refractivity contribution in [2.24, 2.45) is 35.5 Å². The van der Waals surface area contributed by atoms with Crippen LogP contribution in [0.4, 0.5) is 5.95 Å². The number of halogens is 2. The van der Waals surface area contributed by atoms with E-state index in [1.54, 1.807) is 40.0 Å². The van der Waals surface area contributed by atoms with Gasteiger partial charge in [0.1, 0.15) is 37.5 Å². The molecule has 2 aromatic carbocycles. The lowest BCUT2D eigenvalue weighted by atomic mass is 9.87. The number of ether oxygens (including phenoxy) is 9. The van der Waals surface area contributed by atoms with E-state index in [0.29, 0.717) is 35.8 Å². The topological polar surface area (TPSA) is 260 Å². The second-order valence-electron chi connectivity index (χ2n) is 25.2. The molecule has 95 heavy (non-hydrogen) atoms. The molecule has 1 aromatic heterocycles. The molecule has 0 bridgehead atoms. The van der Waals surface area contributed by atoms with E-state index in [-0.39, 0.29) is 144 Å². The van der Waals surface area contributed by atoms with Gasteiger partial charge in [0.2, 0.25) is 5.91 Å². The van der Waals surface area contributed by atoms with Gasteiger partial charge in [0.05, 0.1) is 90.2 Å². The molecular formula is C70H124Cl2N6O16S. The van der Waals surface area contributed by atoms with Gasteiger partial charge in [-0.25, -0.2) is 0 Å². The zero-order valence-electron chi connectivity index (χ0n) is 60.7. The third-order valence-electron chi connectivity index (χ3n) is 15.0. The largest absolute Gasteiger partial charge is 1.00 e. The second kappa shape index (κ2) is 51.8. The SMILES string of the molecule is C.C.CC(C)[C@H](CC(=O)OCc1ccccc1)C(=O)O.CC[C@H](C)[C@@H]([C@@H](CC(=O)OC(C)(C)C)OC)N(C)C(=O)[C@@H](CC(=O)OCc1ccccc1)C(C)C.CC[C@H](C)[C@H](NC)[C@@H](CC(=O)OC(C)(C)C)OC.COc1nc(OC)nc([N+]2(C)CCOCC2)n1.Cl.[2H]CSC.[Cl-]. The summed E-state index contributed by atoms with van der Waals surface area (Å²) in [6.45, 7) is 30.3. The summed E-state index contributed by atoms with van der Waals surface area (Å²) in [6, 6.07) is 19.1. The normalized spacial score (nSPS) is 14.8. The van der Waals surface area contributed by atoms with Crippen LogP contribution in [0.5, 0.6) is 12.0 Å². The number of esters is 4. The van der Waals surface area contributed by atoms with Crippen molar-refractivity contribution >= 4 is 65.9 Å². The van der Waals surface area contributed by atoms with Crippen LogP contribution < -0.4 is 31.7 Å². The molecule has 1 saturated heterocycles. The highest BCUT2D eigenvalue weighted by atomic mass is 35.5. The Morgan fingerprint density at radius 1 is 0.663 bits per heavy atom. The van der Waals surface area contributed by atoms with Gasteiger partial charge in [-0.2, -0.15) is 11.8 Å². The van der Waals surface area contributed by atoms with E-state index in [0.717, 1.165) is 37.1 Å². The lowest BCUT2D eigenvalue weighted by Gasteiger charge is -2.39. The van der Waals surface area contributed by atoms with Crippen LogP contribution in [0.25, 0.3) is 0 Å². The van der Waals surface area contributed by atoms with Crippen LogP contribution in [0.2, 0.25) is 0 Å². The Balaban J connectivity index is -0.000000389. The first kappa shape index (κ1) is 96.0. The molecule has 1 fully saturated rings. The quantitative estimate of drug-likeness (QED) is 0.0372. The average molecular weight is 1410 g/mol. The molecule has 1 amide bonds. The smallest absolute Gasteiger partial charge is 0.338 e. The van der Waals surface area contributed by atoms with Gasteiger partial charge in [0.25, 0.3) is 0 Å². The van der Waals surface area contributed by atoms with Crippen LogP contribution in [-0.4, -0.2) is 185 Å². The fourth-order valence-electron chi connectivity index (χ4n) is 9.40. The molecule has 1 aliphatic rings. The first-order chi connectivity index (χ1) is 43.1. The Labute approximate surface area is 589 Å². The molecule has 2 heterocycles. The fraction of sp³-hybridized carbons (Fsp3) is 0.700. The maximum atomic E-state index is 13.6. The number of carbonyl (C=O) groups excluding carboxylic acids is 5. The first-order valence-corrected chi connectivity index (χ1v) is 32.6. The van der Waals surface area contributed by atoms with Gasteiger partial charge in [0.15, 0.2) is 0 Å². The standard InChI is InChI=1S/C28H45NO6.C14H29NO3.C14H18O4.C10H17N4O3.C2H6S.2CH4.2ClH/c1-10-20(4)26(23(33-9)17-25(31)35-28(5,6)7)29(8)27(32)22(19(2)3)16-24(30)34-18-21-14-12-11-13-15-21;1-8-10(2)13(15-6)11(17-7)9-12(16)18-14(3,4)5;1-10(2)12(14(16)17)8-13(15)18-9-11-6-4-3-5-7-11;1-14(4-6-17-7-5-14)8-11-9(15-2)13-10(12-8)16-3;1-3-2;;;;/h11-15,19-20,22-23,26H,10,16-18H2,1-9H3;10-11,13,15H,8-9H2,1-7H3;3-7,10,12H,8-9H2,1-2H3,(H,16,17);4-7H2,1-3H3;1-2H3;2*1H4;2*1H/q;;;+1;;;;;/p-1/t20-,22-,23+,26-;10-,11+,13-;12-;;;;;;/m000....../s1/i;;;;1D;;;;. The van der Waals surface area contributed by atoms with Crippen LogP contribution in [-0.2, 0) is 75.1 Å². The first-order valence-electron chi connectivity index (χ1n) is 32.0. The van der Waals surface area contributed by atoms with Crippen LogP contribution in [0.15, 0.2) is 60.7 Å². The number of rotatable bonds is 29. The van der Waals surface area contributed by atoms with Crippen molar-refractivity contribution in [1.29, 1.82) is 0 Å². The summed E-state index contributed by atoms with van der Waals surface area (Å²) >= 11 is 1.52. The molecule has 0 saturated carbocycles. The maximum Gasteiger partial charge on any atom is 0.338 e. The number of benzene rings is 2. The molecule has 0 unspecified atom stereocenters. The summed E-state index contributed by atoms with van der Waals surface area (Å²) in [7, 11) is 11.9. The number of nitrogens with zero attached hydrogens (tertiary/aromatic N) is 5. The Hall–Kier alpha value is -5.40. The monoisotopic (exact) mass is 1410 g/mol. The van der Waals surface area contributed by atoms with Gasteiger partial charge < -0.3 is 70.4 Å². The molecule has 25 heteroatoms. The van der Waals surface area contributed by atoms with Crippen LogP contribution in [0.1, 0.15) is 163 Å². The molecule has 0 spiro atoms. The Bertz CT molecular complexity index is 2540. The van der Waals surface area contributed by atoms with Crippen LogP contribution in [0.3, 0.4) is 0 Å². The number of aliphatic carboxylic acids is 1. The van der Waals surface area contributed by atoms with Crippen LogP contribution >= 0.6 is 24.2 Å². The highest BCUT2D eigenvalue weighted by molar-refractivity contribution is 7.97. The zero-order chi connectivity index (χ0) is 70.4. The van der Waals surface area contributed by atoms with E-state index in [1.807, 2.05) is 143 Å². The highest BCUT2D eigenvalue weighted by Gasteiger charge is 2.39.